The number of hydrogen-bond donors (Lipinski definition) is 0. The Labute approximate surface area is 223 Å². The molecule has 9 aliphatic rings. The fourth-order valence-electron chi connectivity index (χ4n) is 10.6. The molecule has 0 aromatic heterocycles. The van der Waals surface area contributed by atoms with Gasteiger partial charge in [0, 0.05) is 51.9 Å². The second-order valence-corrected chi connectivity index (χ2v) is 15.3. The summed E-state index contributed by atoms with van der Waals surface area (Å²) in [7, 11) is 9.00. The van der Waals surface area contributed by atoms with Crippen LogP contribution in [0.4, 0.5) is 0 Å². The normalized spacial score (nSPS) is 45.7. The first kappa shape index (κ1) is 26.1. The number of fused-ring (bicyclic) bond motifs is 7. The second kappa shape index (κ2) is 10.8. The Bertz CT molecular complexity index is 696. The summed E-state index contributed by atoms with van der Waals surface area (Å²) in [5, 5.41) is 0. The molecule has 4 heteroatoms. The van der Waals surface area contributed by atoms with Gasteiger partial charge in [-0.05, 0) is 133 Å². The lowest BCUT2D eigenvalue weighted by molar-refractivity contribution is -0.0436. The summed E-state index contributed by atoms with van der Waals surface area (Å²) in [6.45, 7) is 9.72. The van der Waals surface area contributed by atoms with E-state index in [-0.39, 0.29) is 0 Å². The molecule has 5 aliphatic carbocycles. The minimum absolute atomic E-state index is 0.842. The van der Waals surface area contributed by atoms with Crippen molar-refractivity contribution in [3.8, 4) is 0 Å². The molecule has 0 N–H and O–H groups in total. The minimum atomic E-state index is 0.842. The summed E-state index contributed by atoms with van der Waals surface area (Å²) in [6.07, 6.45) is 18.2. The molecule has 8 unspecified atom stereocenters. The average molecular weight is 499 g/mol. The molecule has 5 saturated carbocycles. The molecule has 36 heavy (non-hydrogen) atoms. The van der Waals surface area contributed by atoms with E-state index in [2.05, 4.69) is 47.8 Å². The third-order valence-corrected chi connectivity index (χ3v) is 12.5. The van der Waals surface area contributed by atoms with Gasteiger partial charge < -0.3 is 19.6 Å². The van der Waals surface area contributed by atoms with E-state index in [1.807, 2.05) is 0 Å². The van der Waals surface area contributed by atoms with Gasteiger partial charge in [0.05, 0.1) is 0 Å². The molecule has 0 radical (unpaired) electrons. The van der Waals surface area contributed by atoms with Crippen LogP contribution in [0, 0.1) is 46.8 Å². The molecule has 1 spiro atoms. The smallest absolute Gasteiger partial charge is 0.00955 e. The SMILES string of the molecule is CN1CC2(CCC2)C1.CN1CC2C3CCCC3C2C1.CN1CC2CCC1C2.CN1CC2CCCC2C1. The number of hydrogen-bond acceptors (Lipinski definition) is 4. The molecule has 8 atom stereocenters. The van der Waals surface area contributed by atoms with Crippen LogP contribution in [-0.4, -0.2) is 99.6 Å². The van der Waals surface area contributed by atoms with Gasteiger partial charge in [-0.2, -0.15) is 0 Å². The quantitative estimate of drug-likeness (QED) is 0.458. The first-order valence-corrected chi connectivity index (χ1v) is 16.1. The first-order valence-electron chi connectivity index (χ1n) is 16.1. The van der Waals surface area contributed by atoms with Crippen LogP contribution in [0.1, 0.15) is 77.0 Å². The van der Waals surface area contributed by atoms with Crippen LogP contribution < -0.4 is 0 Å². The van der Waals surface area contributed by atoms with Gasteiger partial charge in [0.25, 0.3) is 0 Å². The monoisotopic (exact) mass is 498 g/mol. The van der Waals surface area contributed by atoms with E-state index in [4.69, 9.17) is 0 Å². The van der Waals surface area contributed by atoms with Crippen molar-refractivity contribution < 1.29 is 0 Å². The predicted molar refractivity (Wildman–Crippen MR) is 151 cm³/mol. The predicted octanol–water partition coefficient (Wildman–Crippen LogP) is 5.14. The maximum Gasteiger partial charge on any atom is 0.00955 e. The Hall–Kier alpha value is -0.160. The summed E-state index contributed by atoms with van der Waals surface area (Å²) in [5.41, 5.74) is 0.842. The summed E-state index contributed by atoms with van der Waals surface area (Å²) in [5.74, 6) is 7.78. The Balaban J connectivity index is 0.0000000898. The molecular formula is C32H58N4. The zero-order valence-corrected chi connectivity index (χ0v) is 24.3. The molecule has 0 amide bonds. The van der Waals surface area contributed by atoms with E-state index in [1.54, 1.807) is 12.8 Å². The van der Waals surface area contributed by atoms with Crippen molar-refractivity contribution in [1.29, 1.82) is 0 Å². The van der Waals surface area contributed by atoms with Gasteiger partial charge in [-0.15, -0.1) is 0 Å². The second-order valence-electron chi connectivity index (χ2n) is 15.3. The molecule has 206 valence electrons. The molecular weight excluding hydrogens is 440 g/mol. The maximum absolute atomic E-state index is 2.54. The number of rotatable bonds is 0. The summed E-state index contributed by atoms with van der Waals surface area (Å²) < 4.78 is 0. The lowest BCUT2D eigenvalue weighted by Crippen LogP contribution is -2.57. The molecule has 0 aromatic carbocycles. The third-order valence-electron chi connectivity index (χ3n) is 12.5. The van der Waals surface area contributed by atoms with Crippen molar-refractivity contribution in [2.24, 2.45) is 46.8 Å². The lowest BCUT2D eigenvalue weighted by Gasteiger charge is -2.54. The zero-order valence-electron chi connectivity index (χ0n) is 24.3. The van der Waals surface area contributed by atoms with Gasteiger partial charge in [-0.25, -0.2) is 0 Å². The van der Waals surface area contributed by atoms with Crippen molar-refractivity contribution in [2.75, 3.05) is 74.0 Å². The molecule has 2 bridgehead atoms. The van der Waals surface area contributed by atoms with Crippen molar-refractivity contribution in [1.82, 2.24) is 19.6 Å². The van der Waals surface area contributed by atoms with E-state index in [0.717, 1.165) is 52.9 Å². The molecule has 4 saturated heterocycles. The lowest BCUT2D eigenvalue weighted by atomic mass is 9.60. The largest absolute Gasteiger partial charge is 0.306 e. The van der Waals surface area contributed by atoms with E-state index in [0.29, 0.717) is 0 Å². The minimum Gasteiger partial charge on any atom is -0.306 e. The fourth-order valence-corrected chi connectivity index (χ4v) is 10.6. The summed E-state index contributed by atoms with van der Waals surface area (Å²) >= 11 is 0. The van der Waals surface area contributed by atoms with Gasteiger partial charge >= 0.3 is 0 Å². The van der Waals surface area contributed by atoms with Crippen LogP contribution >= 0.6 is 0 Å². The number of piperidine rings is 1. The fraction of sp³-hybridized carbons (Fsp3) is 1.00. The topological polar surface area (TPSA) is 13.0 Å². The molecule has 4 nitrogen and oxygen atoms in total. The summed E-state index contributed by atoms with van der Waals surface area (Å²) in [4.78, 5) is 9.94. The number of nitrogens with zero attached hydrogens (tertiary/aromatic N) is 4. The third kappa shape index (κ3) is 5.32. The Morgan fingerprint density at radius 3 is 1.50 bits per heavy atom. The van der Waals surface area contributed by atoms with Crippen molar-refractivity contribution in [3.63, 3.8) is 0 Å². The van der Waals surface area contributed by atoms with E-state index < -0.39 is 0 Å². The molecule has 9 rings (SSSR count). The van der Waals surface area contributed by atoms with E-state index in [9.17, 15) is 0 Å². The van der Waals surface area contributed by atoms with Crippen LogP contribution in [-0.2, 0) is 0 Å². The maximum atomic E-state index is 2.54. The van der Waals surface area contributed by atoms with Crippen LogP contribution in [0.2, 0.25) is 0 Å². The van der Waals surface area contributed by atoms with Gasteiger partial charge in [0.15, 0.2) is 0 Å². The van der Waals surface area contributed by atoms with Crippen LogP contribution in [0.5, 0.6) is 0 Å². The molecule has 4 heterocycles. The Morgan fingerprint density at radius 1 is 0.528 bits per heavy atom. The van der Waals surface area contributed by atoms with Crippen LogP contribution in [0.3, 0.4) is 0 Å². The first-order chi connectivity index (χ1) is 17.4. The molecule has 4 aliphatic heterocycles. The highest BCUT2D eigenvalue weighted by Crippen LogP contribution is 2.57. The highest BCUT2D eigenvalue weighted by Gasteiger charge is 2.55. The zero-order chi connectivity index (χ0) is 24.9. The van der Waals surface area contributed by atoms with Gasteiger partial charge in [-0.1, -0.05) is 19.3 Å². The van der Waals surface area contributed by atoms with Crippen LogP contribution in [0.15, 0.2) is 0 Å². The van der Waals surface area contributed by atoms with Crippen LogP contribution in [0.25, 0.3) is 0 Å². The molecule has 0 aromatic rings. The highest BCUT2D eigenvalue weighted by molar-refractivity contribution is 5.05. The number of likely N-dealkylation sites (tertiary alicyclic amines) is 4. The highest BCUT2D eigenvalue weighted by atomic mass is 15.2. The van der Waals surface area contributed by atoms with E-state index >= 15 is 0 Å². The summed E-state index contributed by atoms with van der Waals surface area (Å²) in [6, 6.07) is 0.972. The Kier molecular flexibility index (Phi) is 7.81. The molecule has 9 fully saturated rings. The van der Waals surface area contributed by atoms with E-state index in [1.165, 1.54) is 110 Å². The average Bonchev–Trinajstić information content (AvgIpc) is 3.61. The van der Waals surface area contributed by atoms with Gasteiger partial charge in [0.1, 0.15) is 0 Å². The van der Waals surface area contributed by atoms with Gasteiger partial charge in [0.2, 0.25) is 0 Å². The van der Waals surface area contributed by atoms with Gasteiger partial charge in [-0.3, -0.25) is 0 Å². The Morgan fingerprint density at radius 2 is 1.11 bits per heavy atom. The van der Waals surface area contributed by atoms with Crippen molar-refractivity contribution >= 4 is 0 Å². The standard InChI is InChI=1S/C10H17N.C8H15N.2C7H13N/c1-11-5-9-7-3-2-4-8(7)10(9)6-11;1-9-5-7-3-2-4-8(7)6-9;1-8-5-6-2-3-7(8)4-6;1-8-5-7(6-8)3-2-4-7/h7-10H,2-6H2,1H3;7-8H,2-6H2,1H3;6-7H,2-5H2,1H3;2-6H2,1H3. The van der Waals surface area contributed by atoms with Crippen molar-refractivity contribution in [2.45, 2.75) is 83.1 Å². The van der Waals surface area contributed by atoms with Crippen molar-refractivity contribution in [3.05, 3.63) is 0 Å².